The second-order valence-corrected chi connectivity index (χ2v) is 7.36. The standard InChI is InChI=1S/C13H17N3O4S/c17-16(18)11-3-1-2-4-12(11)21(19,20)15-10-7-13(15)5-8-14-9-6-13/h1-4,14H,5-10H2. The van der Waals surface area contributed by atoms with Crippen LogP contribution in [-0.4, -0.2) is 42.8 Å². The van der Waals surface area contributed by atoms with Gasteiger partial charge in [0.15, 0.2) is 4.90 Å². The highest BCUT2D eigenvalue weighted by Gasteiger charge is 2.52. The van der Waals surface area contributed by atoms with Gasteiger partial charge >= 0.3 is 0 Å². The number of hydrogen-bond donors (Lipinski definition) is 1. The minimum atomic E-state index is -3.82. The maximum absolute atomic E-state index is 12.8. The summed E-state index contributed by atoms with van der Waals surface area (Å²) in [6, 6.07) is 5.56. The van der Waals surface area contributed by atoms with Gasteiger partial charge in [-0.25, -0.2) is 8.42 Å². The first-order valence-electron chi connectivity index (χ1n) is 6.94. The fourth-order valence-electron chi connectivity index (χ4n) is 3.23. The van der Waals surface area contributed by atoms with Gasteiger partial charge < -0.3 is 5.32 Å². The lowest BCUT2D eigenvalue weighted by molar-refractivity contribution is -0.387. The quantitative estimate of drug-likeness (QED) is 0.667. The van der Waals surface area contributed by atoms with Crippen LogP contribution in [0, 0.1) is 10.1 Å². The third-order valence-electron chi connectivity index (χ3n) is 4.47. The highest BCUT2D eigenvalue weighted by atomic mass is 32.2. The first-order valence-corrected chi connectivity index (χ1v) is 8.38. The molecule has 114 valence electrons. The molecule has 7 nitrogen and oxygen atoms in total. The van der Waals surface area contributed by atoms with E-state index >= 15 is 0 Å². The Morgan fingerprint density at radius 1 is 1.19 bits per heavy atom. The van der Waals surface area contributed by atoms with E-state index in [9.17, 15) is 18.5 Å². The van der Waals surface area contributed by atoms with Crippen molar-refractivity contribution in [3.8, 4) is 0 Å². The van der Waals surface area contributed by atoms with Crippen molar-refractivity contribution in [3.63, 3.8) is 0 Å². The number of nitro groups is 1. The van der Waals surface area contributed by atoms with Crippen LogP contribution in [0.3, 0.4) is 0 Å². The predicted octanol–water partition coefficient (Wildman–Crippen LogP) is 1.11. The zero-order valence-corrected chi connectivity index (χ0v) is 12.3. The molecule has 1 aromatic carbocycles. The largest absolute Gasteiger partial charge is 0.317 e. The third-order valence-corrected chi connectivity index (χ3v) is 6.52. The molecule has 0 atom stereocenters. The molecule has 2 saturated heterocycles. The number of benzene rings is 1. The molecule has 1 N–H and O–H groups in total. The lowest BCUT2D eigenvalue weighted by Gasteiger charge is -2.53. The zero-order chi connectivity index (χ0) is 15.1. The number of hydrogen-bond acceptors (Lipinski definition) is 5. The Labute approximate surface area is 123 Å². The second kappa shape index (κ2) is 5.04. The van der Waals surface area contributed by atoms with Gasteiger partial charge in [0.2, 0.25) is 10.0 Å². The Bertz CT molecular complexity index is 668. The molecule has 0 aliphatic carbocycles. The summed E-state index contributed by atoms with van der Waals surface area (Å²) >= 11 is 0. The number of para-hydroxylation sites is 1. The van der Waals surface area contributed by atoms with Crippen molar-refractivity contribution in [2.45, 2.75) is 29.7 Å². The Hall–Kier alpha value is -1.51. The highest BCUT2D eigenvalue weighted by Crippen LogP contribution is 2.43. The molecule has 2 aliphatic rings. The van der Waals surface area contributed by atoms with Gasteiger partial charge in [0, 0.05) is 18.2 Å². The molecule has 0 saturated carbocycles. The van der Waals surface area contributed by atoms with Gasteiger partial charge in [-0.3, -0.25) is 10.1 Å². The van der Waals surface area contributed by atoms with E-state index in [2.05, 4.69) is 5.32 Å². The number of nitrogens with one attached hydrogen (secondary N) is 1. The average Bonchev–Trinajstić information content (AvgIpc) is 2.46. The van der Waals surface area contributed by atoms with Crippen LogP contribution in [0.5, 0.6) is 0 Å². The van der Waals surface area contributed by atoms with E-state index in [1.54, 1.807) is 0 Å². The third kappa shape index (κ3) is 2.23. The van der Waals surface area contributed by atoms with Crippen molar-refractivity contribution in [3.05, 3.63) is 34.4 Å². The van der Waals surface area contributed by atoms with Crippen molar-refractivity contribution in [2.24, 2.45) is 0 Å². The van der Waals surface area contributed by atoms with Gasteiger partial charge in [-0.15, -0.1) is 0 Å². The van der Waals surface area contributed by atoms with E-state index in [-0.39, 0.29) is 16.1 Å². The molecular weight excluding hydrogens is 294 g/mol. The molecule has 0 amide bonds. The fraction of sp³-hybridized carbons (Fsp3) is 0.538. The van der Waals surface area contributed by atoms with E-state index in [1.807, 2.05) is 0 Å². The summed E-state index contributed by atoms with van der Waals surface area (Å²) < 4.78 is 27.1. The summed E-state index contributed by atoms with van der Waals surface area (Å²) in [5, 5.41) is 14.3. The van der Waals surface area contributed by atoms with Crippen LogP contribution in [-0.2, 0) is 10.0 Å². The molecule has 0 aromatic heterocycles. The Kier molecular flexibility index (Phi) is 3.46. The summed E-state index contributed by atoms with van der Waals surface area (Å²) in [6.07, 6.45) is 2.34. The molecular formula is C13H17N3O4S. The molecule has 2 fully saturated rings. The van der Waals surface area contributed by atoms with Crippen LogP contribution in [0.1, 0.15) is 19.3 Å². The molecule has 0 radical (unpaired) electrons. The van der Waals surface area contributed by atoms with Gasteiger partial charge in [0.25, 0.3) is 5.69 Å². The van der Waals surface area contributed by atoms with Crippen LogP contribution >= 0.6 is 0 Å². The minimum Gasteiger partial charge on any atom is -0.317 e. The number of rotatable bonds is 3. The van der Waals surface area contributed by atoms with Gasteiger partial charge in [-0.05, 0) is 38.4 Å². The predicted molar refractivity (Wildman–Crippen MR) is 76.4 cm³/mol. The summed E-state index contributed by atoms with van der Waals surface area (Å²) in [5.74, 6) is 0. The number of piperidine rings is 1. The smallest absolute Gasteiger partial charge is 0.289 e. The normalized spacial score (nSPS) is 21.9. The summed E-state index contributed by atoms with van der Waals surface area (Å²) in [7, 11) is -3.82. The maximum Gasteiger partial charge on any atom is 0.289 e. The molecule has 1 spiro atoms. The lowest BCUT2D eigenvalue weighted by Crippen LogP contribution is -2.65. The maximum atomic E-state index is 12.8. The van der Waals surface area contributed by atoms with Gasteiger partial charge in [-0.1, -0.05) is 12.1 Å². The zero-order valence-electron chi connectivity index (χ0n) is 11.5. The molecule has 3 rings (SSSR count). The average molecular weight is 311 g/mol. The molecule has 0 bridgehead atoms. The minimum absolute atomic E-state index is 0.201. The topological polar surface area (TPSA) is 92.5 Å². The molecule has 8 heteroatoms. The number of nitrogens with zero attached hydrogens (tertiary/aromatic N) is 2. The van der Waals surface area contributed by atoms with E-state index in [1.165, 1.54) is 28.6 Å². The Morgan fingerprint density at radius 3 is 2.43 bits per heavy atom. The van der Waals surface area contributed by atoms with Crippen molar-refractivity contribution < 1.29 is 13.3 Å². The summed E-state index contributed by atoms with van der Waals surface area (Å²) in [4.78, 5) is 10.2. The number of sulfonamides is 1. The molecule has 21 heavy (non-hydrogen) atoms. The van der Waals surface area contributed by atoms with E-state index in [0.29, 0.717) is 6.54 Å². The Morgan fingerprint density at radius 2 is 1.86 bits per heavy atom. The van der Waals surface area contributed by atoms with Crippen LogP contribution in [0.15, 0.2) is 29.2 Å². The van der Waals surface area contributed by atoms with E-state index in [0.717, 1.165) is 32.4 Å². The number of nitro benzene ring substituents is 1. The van der Waals surface area contributed by atoms with Crippen LogP contribution in [0.4, 0.5) is 5.69 Å². The highest BCUT2D eigenvalue weighted by molar-refractivity contribution is 7.89. The van der Waals surface area contributed by atoms with Crippen molar-refractivity contribution in [2.75, 3.05) is 19.6 Å². The molecule has 1 aromatic rings. The summed E-state index contributed by atoms with van der Waals surface area (Å²) in [5.41, 5.74) is -0.707. The molecule has 2 heterocycles. The van der Waals surface area contributed by atoms with Crippen LogP contribution < -0.4 is 5.32 Å². The van der Waals surface area contributed by atoms with Crippen LogP contribution in [0.25, 0.3) is 0 Å². The van der Waals surface area contributed by atoms with Gasteiger partial charge in [0.1, 0.15) is 0 Å². The first-order chi connectivity index (χ1) is 9.97. The van der Waals surface area contributed by atoms with Crippen LogP contribution in [0.2, 0.25) is 0 Å². The Balaban J connectivity index is 2.00. The summed E-state index contributed by atoms with van der Waals surface area (Å²) in [6.45, 7) is 2.00. The fourth-order valence-corrected chi connectivity index (χ4v) is 5.24. The van der Waals surface area contributed by atoms with Crippen molar-refractivity contribution >= 4 is 15.7 Å². The lowest BCUT2D eigenvalue weighted by atomic mass is 9.79. The molecule has 2 aliphatic heterocycles. The molecule has 0 unspecified atom stereocenters. The van der Waals surface area contributed by atoms with Gasteiger partial charge in [-0.2, -0.15) is 4.31 Å². The van der Waals surface area contributed by atoms with E-state index in [4.69, 9.17) is 0 Å². The second-order valence-electron chi connectivity index (χ2n) is 5.53. The van der Waals surface area contributed by atoms with Crippen molar-refractivity contribution in [1.82, 2.24) is 9.62 Å². The van der Waals surface area contributed by atoms with E-state index < -0.39 is 14.9 Å². The van der Waals surface area contributed by atoms with Gasteiger partial charge in [0.05, 0.1) is 4.92 Å². The SMILES string of the molecule is O=[N+]([O-])c1ccccc1S(=O)(=O)N1CCC12CCNCC2. The first kappa shape index (κ1) is 14.4. The monoisotopic (exact) mass is 311 g/mol. The van der Waals surface area contributed by atoms with Crippen molar-refractivity contribution in [1.29, 1.82) is 0 Å².